The number of hydrogen-bond acceptors (Lipinski definition) is 3. The third kappa shape index (κ3) is 4.78. The van der Waals surface area contributed by atoms with Crippen LogP contribution in [0.2, 0.25) is 0 Å². The molecule has 0 N–H and O–H groups in total. The van der Waals surface area contributed by atoms with Gasteiger partial charge in [0.2, 0.25) is 0 Å². The predicted octanol–water partition coefficient (Wildman–Crippen LogP) is 5.40. The Bertz CT molecular complexity index is 305. The van der Waals surface area contributed by atoms with Crippen LogP contribution in [0.3, 0.4) is 0 Å². The first-order valence-electron chi connectivity index (χ1n) is 7.23. The topological polar surface area (TPSA) is 0 Å². The summed E-state index contributed by atoms with van der Waals surface area (Å²) in [6.45, 7) is 12.6. The van der Waals surface area contributed by atoms with Crippen LogP contribution in [0.1, 0.15) is 39.5 Å². The maximum atomic E-state index is 4.10. The summed E-state index contributed by atoms with van der Waals surface area (Å²) in [5.74, 6) is 2.70. The first-order chi connectivity index (χ1) is 9.06. The van der Waals surface area contributed by atoms with E-state index in [2.05, 4.69) is 62.3 Å². The molecule has 19 heavy (non-hydrogen) atoms. The Morgan fingerprint density at radius 2 is 1.37 bits per heavy atom. The second-order valence-corrected chi connectivity index (χ2v) is 10.1. The molecule has 108 valence electrons. The predicted molar refractivity (Wildman–Crippen MR) is 95.8 cm³/mol. The van der Waals surface area contributed by atoms with Gasteiger partial charge in [-0.25, -0.2) is 0 Å². The van der Waals surface area contributed by atoms with E-state index in [1.807, 2.05) is 0 Å². The molecule has 2 heterocycles. The van der Waals surface area contributed by atoms with Crippen molar-refractivity contribution in [2.24, 2.45) is 0 Å². The first kappa shape index (κ1) is 15.9. The summed E-state index contributed by atoms with van der Waals surface area (Å²) in [6.07, 6.45) is 5.23. The average molecular weight is 315 g/mol. The SMILES string of the molecule is C=C(C)CC1SCCC1SC1CCSC1CC(=C)C. The van der Waals surface area contributed by atoms with E-state index in [9.17, 15) is 0 Å². The molecular formula is C16H26S3. The fraction of sp³-hybridized carbons (Fsp3) is 0.750. The second kappa shape index (κ2) is 7.51. The average Bonchev–Trinajstić information content (AvgIpc) is 2.89. The van der Waals surface area contributed by atoms with Gasteiger partial charge in [0, 0.05) is 21.0 Å². The monoisotopic (exact) mass is 314 g/mol. The van der Waals surface area contributed by atoms with Crippen molar-refractivity contribution in [3.05, 3.63) is 24.3 Å². The number of thioether (sulfide) groups is 3. The molecule has 0 aromatic rings. The van der Waals surface area contributed by atoms with Gasteiger partial charge in [-0.05, 0) is 51.0 Å². The van der Waals surface area contributed by atoms with Crippen LogP contribution in [0, 0.1) is 0 Å². The molecule has 0 bridgehead atoms. The lowest BCUT2D eigenvalue weighted by Crippen LogP contribution is -2.23. The molecule has 4 atom stereocenters. The maximum absolute atomic E-state index is 4.10. The molecule has 0 aromatic heterocycles. The number of rotatable bonds is 6. The minimum Gasteiger partial charge on any atom is -0.157 e. The van der Waals surface area contributed by atoms with Gasteiger partial charge in [0.25, 0.3) is 0 Å². The zero-order valence-electron chi connectivity index (χ0n) is 12.2. The summed E-state index contributed by atoms with van der Waals surface area (Å²) in [6, 6.07) is 0. The normalized spacial score (nSPS) is 34.6. The third-order valence-corrected chi connectivity index (χ3v) is 8.71. The van der Waals surface area contributed by atoms with E-state index in [1.165, 1.54) is 48.3 Å². The van der Waals surface area contributed by atoms with Crippen LogP contribution in [0.15, 0.2) is 24.3 Å². The Kier molecular flexibility index (Phi) is 6.29. The summed E-state index contributed by atoms with van der Waals surface area (Å²) in [4.78, 5) is 0. The van der Waals surface area contributed by atoms with Crippen LogP contribution < -0.4 is 0 Å². The highest BCUT2D eigenvalue weighted by molar-refractivity contribution is 8.06. The van der Waals surface area contributed by atoms with Crippen LogP contribution in [0.25, 0.3) is 0 Å². The van der Waals surface area contributed by atoms with Crippen LogP contribution in [-0.2, 0) is 0 Å². The fourth-order valence-corrected chi connectivity index (χ4v) is 8.41. The van der Waals surface area contributed by atoms with E-state index in [0.717, 1.165) is 21.0 Å². The molecule has 2 saturated heterocycles. The molecule has 0 amide bonds. The lowest BCUT2D eigenvalue weighted by atomic mass is 10.1. The minimum atomic E-state index is 0.818. The standard InChI is InChI=1S/C16H26S3/c1-11(2)9-15-13(5-7-17-15)19-14-6-8-18-16(14)10-12(3)4/h13-16H,1,3,5-10H2,2,4H3. The van der Waals surface area contributed by atoms with Crippen molar-refractivity contribution in [3.63, 3.8) is 0 Å². The van der Waals surface area contributed by atoms with Crippen molar-refractivity contribution < 1.29 is 0 Å². The van der Waals surface area contributed by atoms with Crippen molar-refractivity contribution in [1.82, 2.24) is 0 Å². The van der Waals surface area contributed by atoms with E-state index >= 15 is 0 Å². The Hall–Kier alpha value is 0.530. The number of hydrogen-bond donors (Lipinski definition) is 0. The van der Waals surface area contributed by atoms with Crippen molar-refractivity contribution in [1.29, 1.82) is 0 Å². The van der Waals surface area contributed by atoms with Crippen molar-refractivity contribution in [3.8, 4) is 0 Å². The highest BCUT2D eigenvalue weighted by atomic mass is 32.2. The van der Waals surface area contributed by atoms with Crippen LogP contribution in [-0.4, -0.2) is 32.5 Å². The van der Waals surface area contributed by atoms with Gasteiger partial charge < -0.3 is 0 Å². The third-order valence-electron chi connectivity index (χ3n) is 3.75. The summed E-state index contributed by atoms with van der Waals surface area (Å²) in [7, 11) is 0. The van der Waals surface area contributed by atoms with Gasteiger partial charge in [0.05, 0.1) is 0 Å². The van der Waals surface area contributed by atoms with Crippen LogP contribution >= 0.6 is 35.3 Å². The highest BCUT2D eigenvalue weighted by Crippen LogP contribution is 2.46. The second-order valence-electron chi connectivity index (χ2n) is 5.93. The molecule has 3 heteroatoms. The molecule has 0 aromatic carbocycles. The van der Waals surface area contributed by atoms with Gasteiger partial charge in [-0.3, -0.25) is 0 Å². The maximum Gasteiger partial charge on any atom is 0.0203 e. The molecule has 2 aliphatic heterocycles. The van der Waals surface area contributed by atoms with Crippen LogP contribution in [0.5, 0.6) is 0 Å². The minimum absolute atomic E-state index is 0.818. The quantitative estimate of drug-likeness (QED) is 0.602. The van der Waals surface area contributed by atoms with Gasteiger partial charge in [-0.1, -0.05) is 11.1 Å². The molecular weight excluding hydrogens is 288 g/mol. The van der Waals surface area contributed by atoms with E-state index in [1.54, 1.807) is 0 Å². The molecule has 0 saturated carbocycles. The van der Waals surface area contributed by atoms with Gasteiger partial charge in [-0.15, -0.1) is 13.2 Å². The zero-order chi connectivity index (χ0) is 13.8. The molecule has 0 spiro atoms. The van der Waals surface area contributed by atoms with Crippen molar-refractivity contribution >= 4 is 35.3 Å². The molecule has 4 unspecified atom stereocenters. The lowest BCUT2D eigenvalue weighted by Gasteiger charge is -2.25. The molecule has 0 aliphatic carbocycles. The molecule has 2 fully saturated rings. The first-order valence-corrected chi connectivity index (χ1v) is 10.3. The number of allylic oxidation sites excluding steroid dienone is 2. The van der Waals surface area contributed by atoms with Gasteiger partial charge in [0.1, 0.15) is 0 Å². The summed E-state index contributed by atoms with van der Waals surface area (Å²) in [5.41, 5.74) is 2.70. The molecule has 0 nitrogen and oxygen atoms in total. The Morgan fingerprint density at radius 1 is 0.947 bits per heavy atom. The van der Waals surface area contributed by atoms with E-state index in [4.69, 9.17) is 0 Å². The van der Waals surface area contributed by atoms with Gasteiger partial charge >= 0.3 is 0 Å². The smallest absolute Gasteiger partial charge is 0.0203 e. The van der Waals surface area contributed by atoms with Gasteiger partial charge in [0.15, 0.2) is 0 Å². The van der Waals surface area contributed by atoms with Crippen molar-refractivity contribution in [2.45, 2.75) is 60.5 Å². The Morgan fingerprint density at radius 3 is 1.74 bits per heavy atom. The highest BCUT2D eigenvalue weighted by Gasteiger charge is 2.35. The van der Waals surface area contributed by atoms with Gasteiger partial charge in [-0.2, -0.15) is 35.3 Å². The molecule has 2 rings (SSSR count). The fourth-order valence-electron chi connectivity index (χ4n) is 2.86. The lowest BCUT2D eigenvalue weighted by molar-refractivity contribution is 0.754. The Balaban J connectivity index is 1.88. The summed E-state index contributed by atoms with van der Waals surface area (Å²) >= 11 is 6.63. The van der Waals surface area contributed by atoms with Crippen molar-refractivity contribution in [2.75, 3.05) is 11.5 Å². The van der Waals surface area contributed by atoms with E-state index < -0.39 is 0 Å². The van der Waals surface area contributed by atoms with E-state index in [0.29, 0.717) is 0 Å². The van der Waals surface area contributed by atoms with Crippen LogP contribution in [0.4, 0.5) is 0 Å². The molecule has 2 aliphatic rings. The zero-order valence-corrected chi connectivity index (χ0v) is 14.6. The molecule has 0 radical (unpaired) electrons. The Labute approximate surface area is 131 Å². The van der Waals surface area contributed by atoms with E-state index in [-0.39, 0.29) is 0 Å². The summed E-state index contributed by atoms with van der Waals surface area (Å²) in [5, 5.41) is 3.35. The summed E-state index contributed by atoms with van der Waals surface area (Å²) < 4.78 is 0. The largest absolute Gasteiger partial charge is 0.157 e.